The van der Waals surface area contributed by atoms with Crippen molar-refractivity contribution in [3.63, 3.8) is 0 Å². The molecule has 1 aliphatic heterocycles. The highest BCUT2D eigenvalue weighted by Crippen LogP contribution is 2.38. The average Bonchev–Trinajstić information content (AvgIpc) is 3.35. The molecule has 2 heterocycles. The fraction of sp³-hybridized carbons (Fsp3) is 0.478. The molecule has 1 unspecified atom stereocenters. The van der Waals surface area contributed by atoms with E-state index in [2.05, 4.69) is 15.1 Å². The SMILES string of the molecule is CC(C(=O)Nc1sc2c(c1C(N)=O)CCC2)N1CCN(CCOc2ccccc2)CC1. The molecule has 0 spiro atoms. The molecule has 2 aromatic rings. The summed E-state index contributed by atoms with van der Waals surface area (Å²) in [5, 5.41) is 3.60. The fourth-order valence-electron chi connectivity index (χ4n) is 4.32. The zero-order valence-electron chi connectivity index (χ0n) is 17.9. The van der Waals surface area contributed by atoms with Gasteiger partial charge in [0, 0.05) is 37.6 Å². The Balaban J connectivity index is 1.26. The molecule has 31 heavy (non-hydrogen) atoms. The van der Waals surface area contributed by atoms with Gasteiger partial charge in [-0.3, -0.25) is 19.4 Å². The minimum Gasteiger partial charge on any atom is -0.492 e. The van der Waals surface area contributed by atoms with E-state index in [0.29, 0.717) is 17.2 Å². The number of nitrogens with zero attached hydrogens (tertiary/aromatic N) is 2. The van der Waals surface area contributed by atoms with Crippen molar-refractivity contribution >= 4 is 28.2 Å². The number of carbonyl (C=O) groups excluding carboxylic acids is 2. The Kier molecular flexibility index (Phi) is 6.89. The second-order valence-electron chi connectivity index (χ2n) is 8.13. The Morgan fingerprint density at radius 2 is 1.90 bits per heavy atom. The minimum atomic E-state index is -0.450. The topological polar surface area (TPSA) is 87.9 Å². The number of nitrogens with one attached hydrogen (secondary N) is 1. The second kappa shape index (κ2) is 9.80. The number of piperazine rings is 1. The first-order valence-corrected chi connectivity index (χ1v) is 11.7. The number of nitrogens with two attached hydrogens (primary N) is 1. The van der Waals surface area contributed by atoms with Gasteiger partial charge in [-0.25, -0.2) is 0 Å². The average molecular weight is 443 g/mol. The van der Waals surface area contributed by atoms with Crippen molar-refractivity contribution in [2.45, 2.75) is 32.2 Å². The van der Waals surface area contributed by atoms with Crippen LogP contribution in [0.5, 0.6) is 5.75 Å². The molecule has 1 aliphatic carbocycles. The Bertz CT molecular complexity index is 922. The van der Waals surface area contributed by atoms with Crippen LogP contribution in [0.1, 0.15) is 34.1 Å². The maximum absolute atomic E-state index is 12.9. The molecule has 8 heteroatoms. The van der Waals surface area contributed by atoms with Crippen molar-refractivity contribution in [3.05, 3.63) is 46.3 Å². The number of anilines is 1. The highest BCUT2D eigenvalue weighted by Gasteiger charge is 2.29. The maximum Gasteiger partial charge on any atom is 0.251 e. The lowest BCUT2D eigenvalue weighted by Crippen LogP contribution is -2.53. The van der Waals surface area contributed by atoms with Crippen molar-refractivity contribution in [2.24, 2.45) is 5.73 Å². The van der Waals surface area contributed by atoms with Crippen LogP contribution in [0, 0.1) is 0 Å². The zero-order chi connectivity index (χ0) is 21.8. The van der Waals surface area contributed by atoms with Gasteiger partial charge in [-0.1, -0.05) is 18.2 Å². The van der Waals surface area contributed by atoms with Crippen molar-refractivity contribution in [3.8, 4) is 5.75 Å². The lowest BCUT2D eigenvalue weighted by Gasteiger charge is -2.37. The zero-order valence-corrected chi connectivity index (χ0v) is 18.7. The first kappa shape index (κ1) is 21.8. The summed E-state index contributed by atoms with van der Waals surface area (Å²) < 4.78 is 5.79. The second-order valence-corrected chi connectivity index (χ2v) is 9.24. The van der Waals surface area contributed by atoms with Crippen LogP contribution in [-0.4, -0.2) is 67.0 Å². The number of ether oxygens (including phenoxy) is 1. The van der Waals surface area contributed by atoms with Crippen LogP contribution < -0.4 is 15.8 Å². The van der Waals surface area contributed by atoms with Gasteiger partial charge in [0.2, 0.25) is 5.91 Å². The molecule has 0 radical (unpaired) electrons. The molecular formula is C23H30N4O3S. The predicted molar refractivity (Wildman–Crippen MR) is 123 cm³/mol. The Morgan fingerprint density at radius 1 is 1.16 bits per heavy atom. The van der Waals surface area contributed by atoms with Crippen LogP contribution in [0.2, 0.25) is 0 Å². The number of thiophene rings is 1. The third-order valence-electron chi connectivity index (χ3n) is 6.16. The van der Waals surface area contributed by atoms with E-state index in [9.17, 15) is 9.59 Å². The molecule has 0 saturated carbocycles. The summed E-state index contributed by atoms with van der Waals surface area (Å²) in [4.78, 5) is 30.6. The van der Waals surface area contributed by atoms with Gasteiger partial charge in [-0.15, -0.1) is 11.3 Å². The third kappa shape index (κ3) is 5.08. The summed E-state index contributed by atoms with van der Waals surface area (Å²) in [6.07, 6.45) is 2.87. The van der Waals surface area contributed by atoms with Crippen LogP contribution in [-0.2, 0) is 17.6 Å². The number of fused-ring (bicyclic) bond motifs is 1. The lowest BCUT2D eigenvalue weighted by molar-refractivity contribution is -0.121. The normalized spacial score (nSPS) is 17.8. The van der Waals surface area contributed by atoms with Gasteiger partial charge in [-0.05, 0) is 43.9 Å². The molecule has 166 valence electrons. The highest BCUT2D eigenvalue weighted by molar-refractivity contribution is 7.17. The van der Waals surface area contributed by atoms with Crippen LogP contribution in [0.15, 0.2) is 30.3 Å². The summed E-state index contributed by atoms with van der Waals surface area (Å²) >= 11 is 1.50. The Hall–Kier alpha value is -2.42. The first-order valence-electron chi connectivity index (χ1n) is 10.9. The number of primary amides is 1. The van der Waals surface area contributed by atoms with E-state index < -0.39 is 5.91 Å². The van der Waals surface area contributed by atoms with Gasteiger partial charge in [0.25, 0.3) is 5.91 Å². The summed E-state index contributed by atoms with van der Waals surface area (Å²) in [6.45, 7) is 6.89. The minimum absolute atomic E-state index is 0.0803. The number of para-hydroxylation sites is 1. The van der Waals surface area contributed by atoms with Gasteiger partial charge < -0.3 is 15.8 Å². The maximum atomic E-state index is 12.9. The summed E-state index contributed by atoms with van der Waals surface area (Å²) in [5.74, 6) is 0.360. The third-order valence-corrected chi connectivity index (χ3v) is 7.37. The molecule has 2 amide bonds. The monoisotopic (exact) mass is 442 g/mol. The van der Waals surface area contributed by atoms with Crippen LogP contribution in [0.4, 0.5) is 5.00 Å². The van der Waals surface area contributed by atoms with E-state index >= 15 is 0 Å². The standard InChI is InChI=1S/C23H30N4O3S/c1-16(22(29)25-23-20(21(24)28)18-8-5-9-19(18)31-23)27-12-10-26(11-13-27)14-15-30-17-6-3-2-4-7-17/h2-4,6-7,16H,5,8-15H2,1H3,(H2,24,28)(H,25,29). The fourth-order valence-corrected chi connectivity index (χ4v) is 5.62. The molecule has 1 saturated heterocycles. The summed E-state index contributed by atoms with van der Waals surface area (Å²) in [6, 6.07) is 9.57. The number of hydrogen-bond donors (Lipinski definition) is 2. The predicted octanol–water partition coefficient (Wildman–Crippen LogP) is 2.36. The van der Waals surface area contributed by atoms with Crippen molar-refractivity contribution < 1.29 is 14.3 Å². The van der Waals surface area contributed by atoms with Gasteiger partial charge in [-0.2, -0.15) is 0 Å². The lowest BCUT2D eigenvalue weighted by atomic mass is 10.1. The van der Waals surface area contributed by atoms with Crippen molar-refractivity contribution in [1.82, 2.24) is 9.80 Å². The molecule has 1 fully saturated rings. The molecule has 0 bridgehead atoms. The van der Waals surface area contributed by atoms with Gasteiger partial charge in [0.15, 0.2) is 0 Å². The first-order chi connectivity index (χ1) is 15.0. The van der Waals surface area contributed by atoms with Crippen molar-refractivity contribution in [1.29, 1.82) is 0 Å². The van der Waals surface area contributed by atoms with Crippen LogP contribution >= 0.6 is 11.3 Å². The molecule has 2 aliphatic rings. The van der Waals surface area contributed by atoms with Crippen LogP contribution in [0.25, 0.3) is 0 Å². The van der Waals surface area contributed by atoms with E-state index in [1.807, 2.05) is 37.3 Å². The molecule has 1 atom stereocenters. The van der Waals surface area contributed by atoms with Gasteiger partial charge in [0.05, 0.1) is 11.6 Å². The smallest absolute Gasteiger partial charge is 0.251 e. The van der Waals surface area contributed by atoms with E-state index in [1.54, 1.807) is 0 Å². The Labute approximate surface area is 187 Å². The van der Waals surface area contributed by atoms with Gasteiger partial charge >= 0.3 is 0 Å². The highest BCUT2D eigenvalue weighted by atomic mass is 32.1. The largest absolute Gasteiger partial charge is 0.492 e. The summed E-state index contributed by atoms with van der Waals surface area (Å²) in [5.41, 5.74) is 7.16. The van der Waals surface area contributed by atoms with E-state index in [1.165, 1.54) is 16.2 Å². The molecular weight excluding hydrogens is 412 g/mol. The Morgan fingerprint density at radius 3 is 2.61 bits per heavy atom. The molecule has 7 nitrogen and oxygen atoms in total. The number of aryl methyl sites for hydroxylation is 1. The number of amides is 2. The van der Waals surface area contributed by atoms with Crippen molar-refractivity contribution in [2.75, 3.05) is 44.6 Å². The summed E-state index contributed by atoms with van der Waals surface area (Å²) in [7, 11) is 0. The molecule has 3 N–H and O–H groups in total. The van der Waals surface area contributed by atoms with Crippen LogP contribution in [0.3, 0.4) is 0 Å². The van der Waals surface area contributed by atoms with E-state index in [-0.39, 0.29) is 11.9 Å². The number of carbonyl (C=O) groups is 2. The van der Waals surface area contributed by atoms with Gasteiger partial charge in [0.1, 0.15) is 17.4 Å². The number of rotatable bonds is 8. The van der Waals surface area contributed by atoms with E-state index in [0.717, 1.165) is 63.3 Å². The molecule has 1 aromatic heterocycles. The molecule has 4 rings (SSSR count). The molecule has 1 aromatic carbocycles. The number of hydrogen-bond acceptors (Lipinski definition) is 6. The quantitative estimate of drug-likeness (QED) is 0.655. The number of benzene rings is 1. The van der Waals surface area contributed by atoms with E-state index in [4.69, 9.17) is 10.5 Å².